The molecular formula is C16H26N4. The largest absolute Gasteiger partial charge is 0.371 e. The number of benzene rings is 1. The van der Waals surface area contributed by atoms with Crippen molar-refractivity contribution in [2.75, 3.05) is 24.5 Å². The molecule has 1 aliphatic heterocycles. The molecule has 3 N–H and O–H groups in total. The average Bonchev–Trinajstić information content (AvgIpc) is 2.52. The Balaban J connectivity index is 2.03. The van der Waals surface area contributed by atoms with Crippen LogP contribution in [0.1, 0.15) is 38.2 Å². The first-order chi connectivity index (χ1) is 9.81. The summed E-state index contributed by atoms with van der Waals surface area (Å²) in [4.78, 5) is 6.92. The topological polar surface area (TPSA) is 53.6 Å². The van der Waals surface area contributed by atoms with Crippen LogP contribution in [0, 0.1) is 0 Å². The van der Waals surface area contributed by atoms with Crippen molar-refractivity contribution < 1.29 is 0 Å². The fraction of sp³-hybridized carbons (Fsp3) is 0.562. The number of para-hydroxylation sites is 1. The molecule has 1 aliphatic rings. The first-order valence-electron chi connectivity index (χ1n) is 7.68. The maximum atomic E-state index is 5.86. The number of guanidine groups is 1. The van der Waals surface area contributed by atoms with Crippen molar-refractivity contribution in [1.29, 1.82) is 0 Å². The Kier molecular flexibility index (Phi) is 5.71. The molecule has 20 heavy (non-hydrogen) atoms. The van der Waals surface area contributed by atoms with Gasteiger partial charge < -0.3 is 16.0 Å². The van der Waals surface area contributed by atoms with E-state index in [-0.39, 0.29) is 0 Å². The molecule has 0 atom stereocenters. The van der Waals surface area contributed by atoms with Gasteiger partial charge in [-0.05, 0) is 37.3 Å². The monoisotopic (exact) mass is 274 g/mol. The van der Waals surface area contributed by atoms with E-state index in [4.69, 9.17) is 5.73 Å². The first-order valence-corrected chi connectivity index (χ1v) is 7.68. The van der Waals surface area contributed by atoms with E-state index >= 15 is 0 Å². The number of anilines is 1. The summed E-state index contributed by atoms with van der Waals surface area (Å²) in [6.07, 6.45) is 4.99. The van der Waals surface area contributed by atoms with Crippen molar-refractivity contribution >= 4 is 11.6 Å². The number of nitrogens with two attached hydrogens (primary N) is 1. The summed E-state index contributed by atoms with van der Waals surface area (Å²) in [5.74, 6) is 0.542. The summed E-state index contributed by atoms with van der Waals surface area (Å²) in [5, 5.41) is 3.12. The van der Waals surface area contributed by atoms with Crippen molar-refractivity contribution in [3.63, 3.8) is 0 Å². The fourth-order valence-corrected chi connectivity index (χ4v) is 2.57. The molecule has 0 unspecified atom stereocenters. The standard InChI is InChI=1S/C16H26N4/c1-2-10-18-16(17)19-13-14-8-4-5-9-15(14)20-11-6-3-7-12-20/h4-5,8-9H,2-3,6-7,10-13H2,1H3,(H3,17,18,19). The van der Waals surface area contributed by atoms with Gasteiger partial charge in [-0.15, -0.1) is 0 Å². The third kappa shape index (κ3) is 4.15. The van der Waals surface area contributed by atoms with Gasteiger partial charge >= 0.3 is 0 Å². The Morgan fingerprint density at radius 3 is 2.75 bits per heavy atom. The average molecular weight is 274 g/mol. The minimum absolute atomic E-state index is 0.542. The van der Waals surface area contributed by atoms with Crippen LogP contribution < -0.4 is 16.0 Å². The molecule has 0 aliphatic carbocycles. The highest BCUT2D eigenvalue weighted by molar-refractivity contribution is 5.77. The minimum atomic E-state index is 0.542. The lowest BCUT2D eigenvalue weighted by Crippen LogP contribution is -2.32. The van der Waals surface area contributed by atoms with E-state index in [1.54, 1.807) is 0 Å². The Morgan fingerprint density at radius 1 is 1.25 bits per heavy atom. The lowest BCUT2D eigenvalue weighted by molar-refractivity contribution is 0.576. The smallest absolute Gasteiger partial charge is 0.188 e. The maximum Gasteiger partial charge on any atom is 0.188 e. The Bertz CT molecular complexity index is 436. The summed E-state index contributed by atoms with van der Waals surface area (Å²) in [7, 11) is 0. The molecule has 110 valence electrons. The Labute approximate surface area is 122 Å². The molecule has 1 aromatic carbocycles. The summed E-state index contributed by atoms with van der Waals surface area (Å²) in [6, 6.07) is 8.54. The maximum absolute atomic E-state index is 5.86. The predicted octanol–water partition coefficient (Wildman–Crippen LogP) is 2.49. The SMILES string of the molecule is CCCNC(N)=NCc1ccccc1N1CCCCC1. The lowest BCUT2D eigenvalue weighted by Gasteiger charge is -2.30. The minimum Gasteiger partial charge on any atom is -0.371 e. The molecule has 0 spiro atoms. The number of hydrogen-bond acceptors (Lipinski definition) is 2. The van der Waals surface area contributed by atoms with Gasteiger partial charge in [0.15, 0.2) is 5.96 Å². The Hall–Kier alpha value is -1.71. The number of aliphatic imine (C=N–C) groups is 1. The van der Waals surface area contributed by atoms with E-state index in [1.807, 2.05) is 0 Å². The van der Waals surface area contributed by atoms with Gasteiger partial charge in [0.2, 0.25) is 0 Å². The zero-order valence-electron chi connectivity index (χ0n) is 12.4. The molecule has 1 aromatic rings. The van der Waals surface area contributed by atoms with Crippen molar-refractivity contribution in [3.05, 3.63) is 29.8 Å². The van der Waals surface area contributed by atoms with Gasteiger partial charge in [-0.2, -0.15) is 0 Å². The normalized spacial score (nSPS) is 16.2. The summed E-state index contributed by atoms with van der Waals surface area (Å²) >= 11 is 0. The van der Waals surface area contributed by atoms with E-state index < -0.39 is 0 Å². The Morgan fingerprint density at radius 2 is 2.00 bits per heavy atom. The zero-order valence-corrected chi connectivity index (χ0v) is 12.4. The second-order valence-electron chi connectivity index (χ2n) is 5.30. The highest BCUT2D eigenvalue weighted by Gasteiger charge is 2.13. The van der Waals surface area contributed by atoms with Crippen LogP contribution in [0.3, 0.4) is 0 Å². The van der Waals surface area contributed by atoms with E-state index in [9.17, 15) is 0 Å². The number of rotatable bonds is 5. The molecule has 1 fully saturated rings. The van der Waals surface area contributed by atoms with Gasteiger partial charge in [0.25, 0.3) is 0 Å². The van der Waals surface area contributed by atoms with E-state index in [0.29, 0.717) is 12.5 Å². The molecule has 2 rings (SSSR count). The summed E-state index contributed by atoms with van der Waals surface area (Å²) in [5.41, 5.74) is 8.44. The second kappa shape index (κ2) is 7.78. The molecule has 0 amide bonds. The zero-order chi connectivity index (χ0) is 14.2. The van der Waals surface area contributed by atoms with Gasteiger partial charge in [0, 0.05) is 25.3 Å². The molecule has 1 heterocycles. The number of nitrogens with zero attached hydrogens (tertiary/aromatic N) is 2. The van der Waals surface area contributed by atoms with Gasteiger partial charge in [-0.3, -0.25) is 0 Å². The van der Waals surface area contributed by atoms with E-state index in [2.05, 4.69) is 46.4 Å². The predicted molar refractivity (Wildman–Crippen MR) is 86.1 cm³/mol. The van der Waals surface area contributed by atoms with Gasteiger partial charge in [0.05, 0.1) is 6.54 Å². The number of hydrogen-bond donors (Lipinski definition) is 2. The first kappa shape index (κ1) is 14.7. The molecule has 0 bridgehead atoms. The molecule has 0 saturated carbocycles. The number of nitrogens with one attached hydrogen (secondary N) is 1. The van der Waals surface area contributed by atoms with Crippen molar-refractivity contribution in [2.45, 2.75) is 39.2 Å². The third-order valence-corrected chi connectivity index (χ3v) is 3.66. The number of piperidine rings is 1. The van der Waals surface area contributed by atoms with Crippen LogP contribution in [0.2, 0.25) is 0 Å². The van der Waals surface area contributed by atoms with Crippen LogP contribution in [0.25, 0.3) is 0 Å². The second-order valence-corrected chi connectivity index (χ2v) is 5.30. The molecule has 0 aromatic heterocycles. The van der Waals surface area contributed by atoms with Crippen LogP contribution >= 0.6 is 0 Å². The van der Waals surface area contributed by atoms with Crippen LogP contribution in [-0.4, -0.2) is 25.6 Å². The van der Waals surface area contributed by atoms with E-state index in [1.165, 1.54) is 30.5 Å². The van der Waals surface area contributed by atoms with Crippen LogP contribution in [-0.2, 0) is 6.54 Å². The van der Waals surface area contributed by atoms with Gasteiger partial charge in [-0.25, -0.2) is 4.99 Å². The van der Waals surface area contributed by atoms with Gasteiger partial charge in [0.1, 0.15) is 0 Å². The molecule has 4 nitrogen and oxygen atoms in total. The van der Waals surface area contributed by atoms with Crippen molar-refractivity contribution in [3.8, 4) is 0 Å². The quantitative estimate of drug-likeness (QED) is 0.640. The molecule has 1 saturated heterocycles. The van der Waals surface area contributed by atoms with Crippen molar-refractivity contribution in [1.82, 2.24) is 5.32 Å². The van der Waals surface area contributed by atoms with Crippen LogP contribution in [0.5, 0.6) is 0 Å². The van der Waals surface area contributed by atoms with Crippen LogP contribution in [0.4, 0.5) is 5.69 Å². The molecule has 0 radical (unpaired) electrons. The fourth-order valence-electron chi connectivity index (χ4n) is 2.57. The summed E-state index contributed by atoms with van der Waals surface area (Å²) < 4.78 is 0. The highest BCUT2D eigenvalue weighted by atomic mass is 15.1. The third-order valence-electron chi connectivity index (χ3n) is 3.66. The van der Waals surface area contributed by atoms with Crippen molar-refractivity contribution in [2.24, 2.45) is 10.7 Å². The van der Waals surface area contributed by atoms with Gasteiger partial charge in [-0.1, -0.05) is 25.1 Å². The highest BCUT2D eigenvalue weighted by Crippen LogP contribution is 2.24. The molecule has 4 heteroatoms. The summed E-state index contributed by atoms with van der Waals surface area (Å²) in [6.45, 7) is 5.96. The lowest BCUT2D eigenvalue weighted by atomic mass is 10.1. The van der Waals surface area contributed by atoms with E-state index in [0.717, 1.165) is 26.1 Å². The van der Waals surface area contributed by atoms with Crippen LogP contribution in [0.15, 0.2) is 29.3 Å². The molecular weight excluding hydrogens is 248 g/mol.